The molecular weight excluding hydrogens is 474 g/mol. The number of para-hydroxylation sites is 1. The average molecular weight is 508 g/mol. The average Bonchev–Trinajstić information content (AvgIpc) is 3.26. The van der Waals surface area contributed by atoms with E-state index in [1.165, 1.54) is 0 Å². The number of rotatable bonds is 10. The molecule has 0 bridgehead atoms. The first-order valence-electron chi connectivity index (χ1n) is 12.2. The van der Waals surface area contributed by atoms with E-state index in [1.54, 1.807) is 23.6 Å². The van der Waals surface area contributed by atoms with Gasteiger partial charge >= 0.3 is 0 Å². The second kappa shape index (κ2) is 11.5. The molecule has 0 aliphatic carbocycles. The van der Waals surface area contributed by atoms with Crippen molar-refractivity contribution in [1.82, 2.24) is 14.8 Å². The second-order valence-electron chi connectivity index (χ2n) is 8.83. The van der Waals surface area contributed by atoms with Crippen molar-refractivity contribution in [3.8, 4) is 11.5 Å². The fraction of sp³-hybridized carbons (Fsp3) is 0.370. The van der Waals surface area contributed by atoms with Crippen LogP contribution in [0.3, 0.4) is 0 Å². The maximum absolute atomic E-state index is 13.6. The summed E-state index contributed by atoms with van der Waals surface area (Å²) < 4.78 is 13.4. The van der Waals surface area contributed by atoms with Crippen LogP contribution in [0, 0.1) is 0 Å². The number of carbonyl (C=O) groups excluding carboxylic acids is 1. The number of carbonyl (C=O) groups is 1. The van der Waals surface area contributed by atoms with Gasteiger partial charge in [0.15, 0.2) is 11.5 Å². The maximum atomic E-state index is 13.6. The predicted molar refractivity (Wildman–Crippen MR) is 144 cm³/mol. The number of allylic oxidation sites excluding steroid dienone is 1. The van der Waals surface area contributed by atoms with Crippen molar-refractivity contribution < 1.29 is 14.3 Å². The van der Waals surface area contributed by atoms with Gasteiger partial charge in [-0.25, -0.2) is 4.68 Å². The summed E-state index contributed by atoms with van der Waals surface area (Å²) in [6.07, 6.45) is 2.20. The Labute approximate surface area is 216 Å². The van der Waals surface area contributed by atoms with Crippen molar-refractivity contribution in [3.63, 3.8) is 0 Å². The fourth-order valence-corrected chi connectivity index (χ4v) is 4.94. The molecule has 3 aromatic rings. The van der Waals surface area contributed by atoms with Crippen LogP contribution in [0.15, 0.2) is 65.0 Å². The highest BCUT2D eigenvalue weighted by Crippen LogP contribution is 2.40. The Bertz CT molecular complexity index is 1240. The molecule has 1 aromatic heterocycles. The number of nitrogens with one attached hydrogen (secondary N) is 2. The van der Waals surface area contributed by atoms with Gasteiger partial charge in [0.2, 0.25) is 11.1 Å². The van der Waals surface area contributed by atoms with Crippen molar-refractivity contribution >= 4 is 29.3 Å². The van der Waals surface area contributed by atoms with E-state index in [0.717, 1.165) is 35.5 Å². The summed E-state index contributed by atoms with van der Waals surface area (Å²) in [6, 6.07) is 14.7. The molecule has 0 radical (unpaired) electrons. The summed E-state index contributed by atoms with van der Waals surface area (Å²) in [6.45, 7) is 7.99. The lowest BCUT2D eigenvalue weighted by atomic mass is 9.94. The second-order valence-corrected chi connectivity index (χ2v) is 9.89. The van der Waals surface area contributed by atoms with Crippen molar-refractivity contribution in [2.75, 3.05) is 23.5 Å². The van der Waals surface area contributed by atoms with Crippen LogP contribution in [0.4, 0.5) is 11.6 Å². The van der Waals surface area contributed by atoms with E-state index in [4.69, 9.17) is 19.6 Å². The molecule has 0 fully saturated rings. The topological polar surface area (TPSA) is 90.3 Å². The Kier molecular flexibility index (Phi) is 8.20. The van der Waals surface area contributed by atoms with Crippen LogP contribution in [-0.4, -0.2) is 39.6 Å². The molecule has 190 valence electrons. The lowest BCUT2D eigenvalue weighted by Gasteiger charge is -2.29. The number of methoxy groups -OCH3 is 1. The van der Waals surface area contributed by atoms with E-state index in [9.17, 15) is 4.79 Å². The molecule has 36 heavy (non-hydrogen) atoms. The lowest BCUT2D eigenvalue weighted by Crippen LogP contribution is -2.31. The number of hydrogen-bond donors (Lipinski definition) is 2. The van der Waals surface area contributed by atoms with E-state index in [0.29, 0.717) is 28.2 Å². The quantitative estimate of drug-likeness (QED) is 0.261. The van der Waals surface area contributed by atoms with E-state index >= 15 is 0 Å². The summed E-state index contributed by atoms with van der Waals surface area (Å²) in [5.74, 6) is 2.58. The zero-order valence-electron chi connectivity index (χ0n) is 21.4. The van der Waals surface area contributed by atoms with Crippen LogP contribution in [-0.2, 0) is 4.79 Å². The first-order valence-corrected chi connectivity index (χ1v) is 13.2. The molecule has 0 saturated heterocycles. The van der Waals surface area contributed by atoms with Gasteiger partial charge in [0.05, 0.1) is 18.8 Å². The monoisotopic (exact) mass is 507 g/mol. The minimum absolute atomic E-state index is 0.00241. The smallest absolute Gasteiger partial charge is 0.255 e. The van der Waals surface area contributed by atoms with Gasteiger partial charge < -0.3 is 20.1 Å². The van der Waals surface area contributed by atoms with Gasteiger partial charge in [-0.2, -0.15) is 4.98 Å². The Balaban J connectivity index is 1.77. The highest BCUT2D eigenvalue weighted by molar-refractivity contribution is 7.99. The summed E-state index contributed by atoms with van der Waals surface area (Å²) in [7, 11) is 1.61. The third-order valence-electron chi connectivity index (χ3n) is 5.70. The lowest BCUT2D eigenvalue weighted by molar-refractivity contribution is -0.113. The molecule has 2 N–H and O–H groups in total. The zero-order valence-corrected chi connectivity index (χ0v) is 22.2. The molecule has 1 unspecified atom stereocenters. The van der Waals surface area contributed by atoms with Gasteiger partial charge in [-0.3, -0.25) is 4.79 Å². The number of unbranched alkanes of at least 4 members (excludes halogenated alkanes) is 1. The zero-order chi connectivity index (χ0) is 25.7. The molecule has 4 rings (SSSR count). The van der Waals surface area contributed by atoms with Gasteiger partial charge in [-0.15, -0.1) is 5.10 Å². The van der Waals surface area contributed by atoms with Crippen LogP contribution in [0.1, 0.15) is 52.1 Å². The standard InChI is InChI=1S/C27H33N5O3S/c1-6-7-15-36-27-30-26-28-18(4)23(25(33)29-20-11-9-8-10-12-20)24(32(26)31-27)19-13-14-21(35-17(2)3)22(16-19)34-5/h8-14,16-17,24H,6-7,15H2,1-5H3,(H,29,33)(H,28,30,31). The molecule has 8 nitrogen and oxygen atoms in total. The van der Waals surface area contributed by atoms with Crippen LogP contribution in [0.25, 0.3) is 0 Å². The Morgan fingerprint density at radius 3 is 2.67 bits per heavy atom. The Morgan fingerprint density at radius 1 is 1.19 bits per heavy atom. The molecule has 2 aromatic carbocycles. The van der Waals surface area contributed by atoms with Gasteiger partial charge in [0, 0.05) is 17.1 Å². The van der Waals surface area contributed by atoms with Crippen molar-refractivity contribution in [3.05, 3.63) is 65.4 Å². The number of fused-ring (bicyclic) bond motifs is 1. The fourth-order valence-electron chi connectivity index (χ4n) is 4.03. The third-order valence-corrected chi connectivity index (χ3v) is 6.63. The molecule has 0 spiro atoms. The summed E-state index contributed by atoms with van der Waals surface area (Å²) in [5.41, 5.74) is 2.85. The predicted octanol–water partition coefficient (Wildman–Crippen LogP) is 5.89. The Hall–Kier alpha value is -3.46. The number of thioether (sulfide) groups is 1. The first-order chi connectivity index (χ1) is 17.4. The third kappa shape index (κ3) is 5.67. The number of anilines is 2. The highest BCUT2D eigenvalue weighted by Gasteiger charge is 2.35. The number of ether oxygens (including phenoxy) is 2. The van der Waals surface area contributed by atoms with E-state index in [1.807, 2.05) is 69.3 Å². The highest BCUT2D eigenvalue weighted by atomic mass is 32.2. The molecular formula is C27H33N5O3S. The van der Waals surface area contributed by atoms with Crippen molar-refractivity contribution in [2.45, 2.75) is 57.8 Å². The van der Waals surface area contributed by atoms with Crippen LogP contribution < -0.4 is 20.1 Å². The number of amides is 1. The minimum atomic E-state index is -0.500. The summed E-state index contributed by atoms with van der Waals surface area (Å²) in [5, 5.41) is 11.8. The molecule has 2 heterocycles. The van der Waals surface area contributed by atoms with Gasteiger partial charge in [-0.05, 0) is 57.0 Å². The van der Waals surface area contributed by atoms with E-state index in [-0.39, 0.29) is 12.0 Å². The molecule has 1 atom stereocenters. The van der Waals surface area contributed by atoms with E-state index < -0.39 is 6.04 Å². The number of aromatic nitrogens is 3. The first kappa shape index (κ1) is 25.6. The SMILES string of the molecule is CCCCSc1nc2n(n1)C(c1ccc(OC(C)C)c(OC)c1)C(C(=O)Nc1ccccc1)=C(C)N2. The van der Waals surface area contributed by atoms with E-state index in [2.05, 4.69) is 17.6 Å². The number of benzene rings is 2. The largest absolute Gasteiger partial charge is 0.493 e. The number of nitrogens with zero attached hydrogens (tertiary/aromatic N) is 3. The van der Waals surface area contributed by atoms with Crippen molar-refractivity contribution in [1.29, 1.82) is 0 Å². The molecule has 1 aliphatic heterocycles. The van der Waals surface area contributed by atoms with Crippen molar-refractivity contribution in [2.24, 2.45) is 0 Å². The summed E-state index contributed by atoms with van der Waals surface area (Å²) in [4.78, 5) is 18.3. The maximum Gasteiger partial charge on any atom is 0.255 e. The normalized spacial score (nSPS) is 14.9. The number of hydrogen-bond acceptors (Lipinski definition) is 7. The van der Waals surface area contributed by atoms with Gasteiger partial charge in [-0.1, -0.05) is 49.4 Å². The van der Waals surface area contributed by atoms with Gasteiger partial charge in [0.1, 0.15) is 6.04 Å². The van der Waals surface area contributed by atoms with Crippen LogP contribution in [0.2, 0.25) is 0 Å². The molecule has 0 saturated carbocycles. The summed E-state index contributed by atoms with van der Waals surface area (Å²) >= 11 is 1.62. The Morgan fingerprint density at radius 2 is 1.97 bits per heavy atom. The minimum Gasteiger partial charge on any atom is -0.493 e. The molecule has 1 amide bonds. The van der Waals surface area contributed by atoms with Crippen LogP contribution in [0.5, 0.6) is 11.5 Å². The van der Waals surface area contributed by atoms with Crippen LogP contribution >= 0.6 is 11.8 Å². The van der Waals surface area contributed by atoms with Gasteiger partial charge in [0.25, 0.3) is 5.91 Å². The molecule has 9 heteroatoms. The molecule has 1 aliphatic rings.